The van der Waals surface area contributed by atoms with Crippen LogP contribution in [0.4, 0.5) is 0 Å². The highest BCUT2D eigenvalue weighted by atomic mass is 79.9. The number of halogens is 1. The Kier molecular flexibility index (Phi) is 3.90. The van der Waals surface area contributed by atoms with Crippen LogP contribution in [0, 0.1) is 5.92 Å². The molecule has 0 spiro atoms. The molecule has 1 aliphatic heterocycles. The Bertz CT molecular complexity index is 1090. The average Bonchev–Trinajstić information content (AvgIpc) is 3.32. The summed E-state index contributed by atoms with van der Waals surface area (Å²) in [7, 11) is 0. The van der Waals surface area contributed by atoms with Gasteiger partial charge >= 0.3 is 5.97 Å². The Morgan fingerprint density at radius 3 is 2.48 bits per heavy atom. The molecule has 1 aliphatic carbocycles. The van der Waals surface area contributed by atoms with E-state index in [1.807, 2.05) is 6.07 Å². The van der Waals surface area contributed by atoms with Crippen LogP contribution in [-0.4, -0.2) is 37.6 Å². The van der Waals surface area contributed by atoms with E-state index in [9.17, 15) is 20.1 Å². The highest BCUT2D eigenvalue weighted by Crippen LogP contribution is 2.67. The molecular weight excluding hydrogens is 440 g/mol. The van der Waals surface area contributed by atoms with Crippen molar-refractivity contribution in [3.05, 3.63) is 82.1 Å². The Morgan fingerprint density at radius 2 is 1.83 bits per heavy atom. The Morgan fingerprint density at radius 1 is 1.14 bits per heavy atom. The van der Waals surface area contributed by atoms with Crippen molar-refractivity contribution in [2.75, 3.05) is 0 Å². The molecule has 0 radical (unpaired) electrons. The third-order valence-corrected chi connectivity index (χ3v) is 6.63. The van der Waals surface area contributed by atoms with Crippen LogP contribution >= 0.6 is 15.9 Å². The second kappa shape index (κ2) is 6.16. The lowest BCUT2D eigenvalue weighted by Crippen LogP contribution is -2.52. The fraction of sp³-hybridized carbons (Fsp3) is 0.238. The number of aliphatic hydroxyl groups is 2. The van der Waals surface area contributed by atoms with Crippen molar-refractivity contribution >= 4 is 21.9 Å². The molecule has 2 heterocycles. The molecule has 29 heavy (non-hydrogen) atoms. The molecule has 0 saturated heterocycles. The van der Waals surface area contributed by atoms with Gasteiger partial charge in [0.2, 0.25) is 0 Å². The van der Waals surface area contributed by atoms with E-state index in [1.54, 1.807) is 48.5 Å². The van der Waals surface area contributed by atoms with E-state index >= 15 is 0 Å². The van der Waals surface area contributed by atoms with Gasteiger partial charge in [-0.25, -0.2) is 0 Å². The summed E-state index contributed by atoms with van der Waals surface area (Å²) in [6.45, 7) is 0. The number of fused-ring (bicyclic) bond motifs is 3. The number of carboxylic acids is 1. The number of ether oxygens (including phenoxy) is 1. The molecule has 7 nitrogen and oxygen atoms in total. The van der Waals surface area contributed by atoms with Crippen molar-refractivity contribution in [2.24, 2.45) is 5.92 Å². The van der Waals surface area contributed by atoms with Crippen LogP contribution in [0.25, 0.3) is 0 Å². The van der Waals surface area contributed by atoms with Crippen LogP contribution in [0.2, 0.25) is 0 Å². The third kappa shape index (κ3) is 2.19. The number of aromatic amines is 1. The van der Waals surface area contributed by atoms with Gasteiger partial charge in [0.05, 0.1) is 12.1 Å². The number of rotatable bonds is 3. The van der Waals surface area contributed by atoms with Crippen LogP contribution in [0.3, 0.4) is 0 Å². The second-order valence-electron chi connectivity index (χ2n) is 7.42. The average molecular weight is 457 g/mol. The highest BCUT2D eigenvalue weighted by molar-refractivity contribution is 9.10. The number of nitrogens with one attached hydrogen (secondary N) is 1. The minimum atomic E-state index is -2.03. The van der Waals surface area contributed by atoms with Crippen molar-refractivity contribution in [2.45, 2.75) is 23.2 Å². The van der Waals surface area contributed by atoms with Crippen molar-refractivity contribution in [3.8, 4) is 5.75 Å². The summed E-state index contributed by atoms with van der Waals surface area (Å²) in [5.41, 5.74) is -2.20. The number of aromatic nitrogens is 2. The van der Waals surface area contributed by atoms with Gasteiger partial charge in [-0.3, -0.25) is 9.89 Å². The summed E-state index contributed by atoms with van der Waals surface area (Å²) >= 11 is 3.40. The number of hydrogen-bond acceptors (Lipinski definition) is 5. The molecule has 3 aromatic rings. The Labute approximate surface area is 174 Å². The van der Waals surface area contributed by atoms with Crippen LogP contribution in [0.1, 0.15) is 22.7 Å². The summed E-state index contributed by atoms with van der Waals surface area (Å²) in [5.74, 6) is -3.08. The Balaban J connectivity index is 1.85. The minimum absolute atomic E-state index is 0.178. The summed E-state index contributed by atoms with van der Waals surface area (Å²) < 4.78 is 7.15. The monoisotopic (exact) mass is 456 g/mol. The van der Waals surface area contributed by atoms with Crippen LogP contribution in [0.15, 0.2) is 65.3 Å². The molecule has 0 bridgehead atoms. The van der Waals surface area contributed by atoms with Gasteiger partial charge in [-0.1, -0.05) is 58.4 Å². The largest absolute Gasteiger partial charge is 0.481 e. The summed E-state index contributed by atoms with van der Waals surface area (Å²) in [6, 6.07) is 16.1. The van der Waals surface area contributed by atoms with Gasteiger partial charge in [0.25, 0.3) is 0 Å². The van der Waals surface area contributed by atoms with E-state index < -0.39 is 35.1 Å². The first-order chi connectivity index (χ1) is 13.9. The van der Waals surface area contributed by atoms with Crippen molar-refractivity contribution in [1.29, 1.82) is 0 Å². The summed E-state index contributed by atoms with van der Waals surface area (Å²) in [5, 5.41) is 39.8. The molecule has 148 valence electrons. The second-order valence-corrected chi connectivity index (χ2v) is 8.33. The number of H-pyrrole nitrogens is 1. The maximum absolute atomic E-state index is 12.3. The zero-order chi connectivity index (χ0) is 20.4. The number of carbonyl (C=O) groups is 1. The zero-order valence-corrected chi connectivity index (χ0v) is 16.6. The van der Waals surface area contributed by atoms with Crippen molar-refractivity contribution < 1.29 is 24.9 Å². The van der Waals surface area contributed by atoms with Gasteiger partial charge in [0.1, 0.15) is 11.8 Å². The van der Waals surface area contributed by atoms with Crippen molar-refractivity contribution in [3.63, 3.8) is 0 Å². The maximum atomic E-state index is 12.3. The fourth-order valence-electron chi connectivity index (χ4n) is 4.96. The molecular formula is C21H17BrN2O5. The first-order valence-corrected chi connectivity index (χ1v) is 9.87. The lowest BCUT2D eigenvalue weighted by Gasteiger charge is -2.40. The van der Waals surface area contributed by atoms with E-state index in [2.05, 4.69) is 26.1 Å². The quantitative estimate of drug-likeness (QED) is 0.481. The number of aliphatic hydroxyl groups excluding tert-OH is 1. The molecule has 1 fully saturated rings. The van der Waals surface area contributed by atoms with Gasteiger partial charge in [-0.15, -0.1) is 0 Å². The van der Waals surface area contributed by atoms with Crippen LogP contribution in [-0.2, 0) is 16.0 Å². The molecule has 5 atom stereocenters. The predicted molar refractivity (Wildman–Crippen MR) is 105 cm³/mol. The minimum Gasteiger partial charge on any atom is -0.481 e. The Hall–Kier alpha value is -2.68. The van der Waals surface area contributed by atoms with E-state index in [0.717, 1.165) is 4.47 Å². The van der Waals surface area contributed by atoms with E-state index in [0.29, 0.717) is 16.9 Å². The third-order valence-electron chi connectivity index (χ3n) is 6.11. The van der Waals surface area contributed by atoms with E-state index in [1.165, 1.54) is 6.20 Å². The molecule has 2 aliphatic rings. The van der Waals surface area contributed by atoms with Crippen LogP contribution in [0.5, 0.6) is 5.75 Å². The number of benzene rings is 2. The standard InChI is InChI=1S/C21H17BrN2O5/c22-13-8-6-12(7-9-13)21-16(11-4-2-1-3-5-11)15(19(26)27)18(25)20(21,28)17-14(29-21)10-23-24-17/h1-10,15-16,18,25,28H,(H,23,24)(H,26,27)/t15-,16-,18-,20+,21+/m1/s1. The van der Waals surface area contributed by atoms with Gasteiger partial charge in [-0.05, 0) is 23.3 Å². The van der Waals surface area contributed by atoms with Crippen LogP contribution < -0.4 is 4.74 Å². The normalized spacial score (nSPS) is 32.4. The molecule has 1 aromatic heterocycles. The molecule has 4 N–H and O–H groups in total. The first-order valence-electron chi connectivity index (χ1n) is 9.08. The van der Waals surface area contributed by atoms with Gasteiger partial charge in [0.15, 0.2) is 17.0 Å². The number of nitrogens with zero attached hydrogens (tertiary/aromatic N) is 1. The summed E-state index contributed by atoms with van der Waals surface area (Å²) in [6.07, 6.45) is -0.202. The van der Waals surface area contributed by atoms with Gasteiger partial charge < -0.3 is 20.1 Å². The van der Waals surface area contributed by atoms with Gasteiger partial charge in [0, 0.05) is 10.4 Å². The highest BCUT2D eigenvalue weighted by Gasteiger charge is 2.78. The molecule has 0 amide bonds. The topological polar surface area (TPSA) is 116 Å². The smallest absolute Gasteiger partial charge is 0.310 e. The predicted octanol–water partition coefficient (Wildman–Crippen LogP) is 2.51. The molecule has 2 aromatic carbocycles. The molecule has 0 unspecified atom stereocenters. The number of carboxylic acid groups (broad SMARTS) is 1. The zero-order valence-electron chi connectivity index (χ0n) is 15.0. The number of hydrogen-bond donors (Lipinski definition) is 4. The first kappa shape index (κ1) is 18.4. The van der Waals surface area contributed by atoms with E-state index in [-0.39, 0.29) is 5.69 Å². The summed E-state index contributed by atoms with van der Waals surface area (Å²) in [4.78, 5) is 12.3. The SMILES string of the molecule is O=C(O)[C@H]1[C@@H](O)[C@@]2(O)c3[nH]ncc3O[C@@]2(c2ccc(Br)cc2)[C@@H]1c1ccccc1. The molecule has 8 heteroatoms. The fourth-order valence-corrected chi connectivity index (χ4v) is 5.23. The van der Waals surface area contributed by atoms with Crippen molar-refractivity contribution in [1.82, 2.24) is 10.2 Å². The lowest BCUT2D eigenvalue weighted by molar-refractivity contribution is -0.160. The van der Waals surface area contributed by atoms with Gasteiger partial charge in [-0.2, -0.15) is 5.10 Å². The molecule has 5 rings (SSSR count). The number of aliphatic carboxylic acids is 1. The van der Waals surface area contributed by atoms with E-state index in [4.69, 9.17) is 4.74 Å². The molecule has 1 saturated carbocycles. The maximum Gasteiger partial charge on any atom is 0.310 e. The lowest BCUT2D eigenvalue weighted by atomic mass is 9.71.